The van der Waals surface area contributed by atoms with Gasteiger partial charge in [0.25, 0.3) is 5.91 Å². The predicted octanol–water partition coefficient (Wildman–Crippen LogP) is 0.897. The Kier molecular flexibility index (Phi) is 3.28. The van der Waals surface area contributed by atoms with Crippen molar-refractivity contribution in [3.05, 3.63) is 23.5 Å². The van der Waals surface area contributed by atoms with Crippen molar-refractivity contribution in [2.24, 2.45) is 18.4 Å². The number of carbonyl (C=O) groups is 2. The molecule has 0 radical (unpaired) electrons. The fraction of sp³-hybridized carbons (Fsp3) is 0.600. The Balaban J connectivity index is 1.87. The minimum atomic E-state index is -0.839. The molecule has 2 aliphatic heterocycles. The molecule has 1 aromatic heterocycles. The van der Waals surface area contributed by atoms with Crippen LogP contribution in [-0.4, -0.2) is 52.8 Å². The first kappa shape index (κ1) is 14.1. The van der Waals surface area contributed by atoms with E-state index in [9.17, 15) is 14.7 Å². The van der Waals surface area contributed by atoms with Gasteiger partial charge < -0.3 is 19.3 Å². The van der Waals surface area contributed by atoms with E-state index in [4.69, 9.17) is 4.74 Å². The number of aromatic nitrogens is 1. The van der Waals surface area contributed by atoms with Gasteiger partial charge >= 0.3 is 5.97 Å². The van der Waals surface area contributed by atoms with Crippen LogP contribution in [0.1, 0.15) is 22.6 Å². The van der Waals surface area contributed by atoms with Gasteiger partial charge in [-0.1, -0.05) is 0 Å². The van der Waals surface area contributed by atoms with E-state index in [2.05, 4.69) is 0 Å². The summed E-state index contributed by atoms with van der Waals surface area (Å²) in [7, 11) is 1.85. The smallest absolute Gasteiger partial charge is 0.311 e. The van der Waals surface area contributed by atoms with E-state index in [1.165, 1.54) is 0 Å². The lowest BCUT2D eigenvalue weighted by atomic mass is 9.74. The van der Waals surface area contributed by atoms with E-state index in [0.29, 0.717) is 31.9 Å². The topological polar surface area (TPSA) is 71.8 Å². The van der Waals surface area contributed by atoms with Crippen LogP contribution in [0.5, 0.6) is 0 Å². The minimum absolute atomic E-state index is 0.0966. The summed E-state index contributed by atoms with van der Waals surface area (Å²) in [5.74, 6) is -1.02. The highest BCUT2D eigenvalue weighted by Gasteiger charge is 2.55. The molecule has 114 valence electrons. The van der Waals surface area contributed by atoms with Gasteiger partial charge in [-0.2, -0.15) is 0 Å². The van der Waals surface area contributed by atoms with Crippen molar-refractivity contribution >= 4 is 11.9 Å². The highest BCUT2D eigenvalue weighted by molar-refractivity contribution is 5.94. The average Bonchev–Trinajstić information content (AvgIpc) is 3.01. The molecule has 2 aliphatic rings. The molecule has 0 saturated carbocycles. The molecule has 0 aromatic carbocycles. The molecule has 1 N–H and O–H groups in total. The Morgan fingerprint density at radius 2 is 2.19 bits per heavy atom. The maximum absolute atomic E-state index is 12.7. The molecule has 0 unspecified atom stereocenters. The summed E-state index contributed by atoms with van der Waals surface area (Å²) in [6.45, 7) is 3.54. The SMILES string of the molecule is Cc1ccc(C(=O)N2C[C@H]3COCC[C@@]3(C(=O)O)C2)n1C. The second-order valence-corrected chi connectivity index (χ2v) is 6.09. The third-order valence-corrected chi connectivity index (χ3v) is 5.01. The van der Waals surface area contributed by atoms with Crippen molar-refractivity contribution in [2.45, 2.75) is 13.3 Å². The fourth-order valence-corrected chi connectivity index (χ4v) is 3.44. The summed E-state index contributed by atoms with van der Waals surface area (Å²) < 4.78 is 7.26. The molecule has 1 amide bonds. The van der Waals surface area contributed by atoms with Gasteiger partial charge in [-0.05, 0) is 25.5 Å². The number of amides is 1. The quantitative estimate of drug-likeness (QED) is 0.879. The third kappa shape index (κ3) is 2.05. The number of carboxylic acids is 1. The largest absolute Gasteiger partial charge is 0.481 e. The maximum atomic E-state index is 12.7. The molecule has 3 heterocycles. The molecule has 2 atom stereocenters. The molecule has 6 nitrogen and oxygen atoms in total. The van der Waals surface area contributed by atoms with Gasteiger partial charge in [0.05, 0.1) is 12.0 Å². The first-order chi connectivity index (χ1) is 9.95. The molecule has 0 aliphatic carbocycles. The lowest BCUT2D eigenvalue weighted by Gasteiger charge is -2.33. The van der Waals surface area contributed by atoms with Crippen molar-refractivity contribution in [3.63, 3.8) is 0 Å². The van der Waals surface area contributed by atoms with Crippen molar-refractivity contribution in [1.29, 1.82) is 0 Å². The number of aliphatic carboxylic acids is 1. The number of aryl methyl sites for hydroxylation is 1. The molecule has 21 heavy (non-hydrogen) atoms. The second-order valence-electron chi connectivity index (χ2n) is 6.09. The molecule has 0 spiro atoms. The van der Waals surface area contributed by atoms with Crippen LogP contribution in [0.2, 0.25) is 0 Å². The number of ether oxygens (including phenoxy) is 1. The van der Waals surface area contributed by atoms with Gasteiger partial charge in [-0.25, -0.2) is 0 Å². The van der Waals surface area contributed by atoms with E-state index in [-0.39, 0.29) is 18.4 Å². The van der Waals surface area contributed by atoms with Crippen LogP contribution < -0.4 is 0 Å². The normalized spacial score (nSPS) is 28.5. The van der Waals surface area contributed by atoms with Crippen molar-refractivity contribution in [1.82, 2.24) is 9.47 Å². The number of rotatable bonds is 2. The number of likely N-dealkylation sites (tertiary alicyclic amines) is 1. The van der Waals surface area contributed by atoms with Crippen molar-refractivity contribution < 1.29 is 19.4 Å². The zero-order chi connectivity index (χ0) is 15.2. The van der Waals surface area contributed by atoms with Gasteiger partial charge in [-0.15, -0.1) is 0 Å². The van der Waals surface area contributed by atoms with Crippen LogP contribution >= 0.6 is 0 Å². The Bertz CT molecular complexity index is 594. The maximum Gasteiger partial charge on any atom is 0.311 e. The number of nitrogens with zero attached hydrogens (tertiary/aromatic N) is 2. The summed E-state index contributed by atoms with van der Waals surface area (Å²) in [5.41, 5.74) is 0.771. The van der Waals surface area contributed by atoms with Crippen LogP contribution in [0.3, 0.4) is 0 Å². The minimum Gasteiger partial charge on any atom is -0.481 e. The zero-order valence-electron chi connectivity index (χ0n) is 12.3. The van der Waals surface area contributed by atoms with E-state index in [1.807, 2.05) is 24.6 Å². The first-order valence-corrected chi connectivity index (χ1v) is 7.18. The van der Waals surface area contributed by atoms with Crippen molar-refractivity contribution in [3.8, 4) is 0 Å². The number of hydrogen-bond acceptors (Lipinski definition) is 3. The van der Waals surface area contributed by atoms with Crippen LogP contribution in [0.15, 0.2) is 12.1 Å². The summed E-state index contributed by atoms with van der Waals surface area (Å²) in [5, 5.41) is 9.63. The van der Waals surface area contributed by atoms with Crippen LogP contribution in [0.25, 0.3) is 0 Å². The molecular formula is C15H20N2O4. The fourth-order valence-electron chi connectivity index (χ4n) is 3.44. The van der Waals surface area contributed by atoms with Crippen LogP contribution in [0, 0.1) is 18.3 Å². The molecule has 2 fully saturated rings. The molecule has 2 saturated heterocycles. The Labute approximate surface area is 123 Å². The number of carboxylic acid groups (broad SMARTS) is 1. The summed E-state index contributed by atoms with van der Waals surface area (Å²) in [6, 6.07) is 3.69. The average molecular weight is 292 g/mol. The lowest BCUT2D eigenvalue weighted by molar-refractivity contribution is -0.157. The first-order valence-electron chi connectivity index (χ1n) is 7.18. The molecule has 3 rings (SSSR count). The predicted molar refractivity (Wildman–Crippen MR) is 75.0 cm³/mol. The van der Waals surface area contributed by atoms with E-state index in [1.54, 1.807) is 11.0 Å². The van der Waals surface area contributed by atoms with Crippen molar-refractivity contribution in [2.75, 3.05) is 26.3 Å². The number of fused-ring (bicyclic) bond motifs is 1. The lowest BCUT2D eigenvalue weighted by Crippen LogP contribution is -2.45. The monoisotopic (exact) mass is 292 g/mol. The third-order valence-electron chi connectivity index (χ3n) is 5.01. The van der Waals surface area contributed by atoms with Crippen LogP contribution in [-0.2, 0) is 16.6 Å². The second kappa shape index (κ2) is 4.87. The van der Waals surface area contributed by atoms with Gasteiger partial charge in [0, 0.05) is 38.4 Å². The van der Waals surface area contributed by atoms with E-state index >= 15 is 0 Å². The zero-order valence-corrected chi connectivity index (χ0v) is 12.3. The number of hydrogen-bond donors (Lipinski definition) is 1. The highest BCUT2D eigenvalue weighted by Crippen LogP contribution is 2.42. The number of carbonyl (C=O) groups excluding carboxylic acids is 1. The summed E-state index contributed by atoms with van der Waals surface area (Å²) in [4.78, 5) is 26.1. The molecule has 1 aromatic rings. The standard InChI is InChI=1S/C15H20N2O4/c1-10-3-4-12(16(10)2)13(18)17-7-11-8-21-6-5-15(11,9-17)14(19)20/h3-4,11H,5-9H2,1-2H3,(H,19,20)/t11-,15+/m0/s1. The van der Waals surface area contributed by atoms with Gasteiger partial charge in [-0.3, -0.25) is 9.59 Å². The summed E-state index contributed by atoms with van der Waals surface area (Å²) in [6.07, 6.45) is 0.475. The molecular weight excluding hydrogens is 272 g/mol. The van der Waals surface area contributed by atoms with Gasteiger partial charge in [0.1, 0.15) is 5.69 Å². The van der Waals surface area contributed by atoms with E-state index < -0.39 is 11.4 Å². The Morgan fingerprint density at radius 3 is 2.76 bits per heavy atom. The Hall–Kier alpha value is -1.82. The van der Waals surface area contributed by atoms with Crippen LogP contribution in [0.4, 0.5) is 0 Å². The summed E-state index contributed by atoms with van der Waals surface area (Å²) >= 11 is 0. The molecule has 0 bridgehead atoms. The van der Waals surface area contributed by atoms with E-state index in [0.717, 1.165) is 5.69 Å². The Morgan fingerprint density at radius 1 is 1.43 bits per heavy atom. The molecule has 6 heteroatoms. The highest BCUT2D eigenvalue weighted by atomic mass is 16.5. The van der Waals surface area contributed by atoms with Gasteiger partial charge in [0.2, 0.25) is 0 Å². The van der Waals surface area contributed by atoms with Gasteiger partial charge in [0.15, 0.2) is 0 Å².